The van der Waals surface area contributed by atoms with Crippen molar-refractivity contribution in [3.63, 3.8) is 0 Å². The molecule has 1 aromatic rings. The van der Waals surface area contributed by atoms with Gasteiger partial charge in [-0.15, -0.1) is 11.6 Å². The van der Waals surface area contributed by atoms with E-state index in [0.29, 0.717) is 28.7 Å². The zero-order valence-corrected chi connectivity index (χ0v) is 12.0. The number of alkyl halides is 1. The normalized spacial score (nSPS) is 14.1. The van der Waals surface area contributed by atoms with Gasteiger partial charge in [0.2, 0.25) is 0 Å². The maximum atomic E-state index is 11.9. The van der Waals surface area contributed by atoms with Crippen molar-refractivity contribution >= 4 is 40.6 Å². The highest BCUT2D eigenvalue weighted by Gasteiger charge is 2.36. The first-order valence-electron chi connectivity index (χ1n) is 6.37. The van der Waals surface area contributed by atoms with Crippen LogP contribution in [0.4, 0.5) is 5.69 Å². The molecule has 0 spiro atoms. The molecule has 1 aliphatic rings. The van der Waals surface area contributed by atoms with Crippen LogP contribution in [0.2, 0.25) is 5.02 Å². The molecule has 1 aliphatic heterocycles. The fourth-order valence-electron chi connectivity index (χ4n) is 2.24. The summed E-state index contributed by atoms with van der Waals surface area (Å²) >= 11 is 11.6. The smallest absolute Gasteiger partial charge is 0.299 e. The molecular formula is C14H15Cl2NO2. The molecule has 0 radical (unpaired) electrons. The highest BCUT2D eigenvalue weighted by Crippen LogP contribution is 2.34. The Hall–Kier alpha value is -1.06. The summed E-state index contributed by atoms with van der Waals surface area (Å²) in [7, 11) is 0. The van der Waals surface area contributed by atoms with Crippen molar-refractivity contribution in [2.24, 2.45) is 0 Å². The molecule has 3 nitrogen and oxygen atoms in total. The summed E-state index contributed by atoms with van der Waals surface area (Å²) in [5, 5.41) is 0.348. The van der Waals surface area contributed by atoms with E-state index in [1.165, 1.54) is 4.90 Å². The Balaban J connectivity index is 2.05. The van der Waals surface area contributed by atoms with E-state index < -0.39 is 11.7 Å². The van der Waals surface area contributed by atoms with E-state index in [0.717, 1.165) is 25.7 Å². The fraction of sp³-hybridized carbons (Fsp3) is 0.429. The second-order valence-corrected chi connectivity index (χ2v) is 5.31. The summed E-state index contributed by atoms with van der Waals surface area (Å²) in [5.41, 5.74) is 0.981. The van der Waals surface area contributed by atoms with Crippen molar-refractivity contribution in [3.05, 3.63) is 28.8 Å². The van der Waals surface area contributed by atoms with E-state index >= 15 is 0 Å². The number of benzene rings is 1. The van der Waals surface area contributed by atoms with Gasteiger partial charge in [0.05, 0.1) is 16.3 Å². The number of fused-ring (bicyclic) bond motifs is 1. The highest BCUT2D eigenvalue weighted by atomic mass is 35.5. The van der Waals surface area contributed by atoms with Crippen LogP contribution in [-0.4, -0.2) is 24.1 Å². The lowest BCUT2D eigenvalue weighted by Gasteiger charge is -2.16. The average molecular weight is 300 g/mol. The molecule has 0 aliphatic carbocycles. The van der Waals surface area contributed by atoms with Gasteiger partial charge in [-0.3, -0.25) is 9.59 Å². The third kappa shape index (κ3) is 2.93. The number of rotatable bonds is 6. The molecular weight excluding hydrogens is 285 g/mol. The second kappa shape index (κ2) is 6.40. The predicted molar refractivity (Wildman–Crippen MR) is 77.3 cm³/mol. The molecule has 0 saturated carbocycles. The quantitative estimate of drug-likeness (QED) is 0.457. The van der Waals surface area contributed by atoms with Crippen LogP contribution in [0.25, 0.3) is 0 Å². The van der Waals surface area contributed by atoms with Crippen LogP contribution >= 0.6 is 23.2 Å². The maximum Gasteiger partial charge on any atom is 0.299 e. The van der Waals surface area contributed by atoms with Crippen LogP contribution in [0.3, 0.4) is 0 Å². The number of hydrogen-bond acceptors (Lipinski definition) is 2. The first kappa shape index (κ1) is 14.4. The van der Waals surface area contributed by atoms with Crippen LogP contribution in [0.1, 0.15) is 36.0 Å². The molecule has 0 saturated heterocycles. The Kier molecular flexibility index (Phi) is 4.83. The number of nitrogens with zero attached hydrogens (tertiary/aromatic N) is 1. The standard InChI is InChI=1S/C14H15Cl2NO2/c15-8-3-1-2-4-9-17-11-7-5-6-10(16)12(11)13(18)14(17)19/h5-7H,1-4,8-9H2. The molecule has 19 heavy (non-hydrogen) atoms. The van der Waals surface area contributed by atoms with Crippen LogP contribution < -0.4 is 4.90 Å². The number of ketones is 1. The van der Waals surface area contributed by atoms with E-state index in [1.807, 2.05) is 0 Å². The maximum absolute atomic E-state index is 11.9. The summed E-state index contributed by atoms with van der Waals surface area (Å²) in [6, 6.07) is 5.16. The molecule has 1 heterocycles. The Morgan fingerprint density at radius 1 is 1.05 bits per heavy atom. The highest BCUT2D eigenvalue weighted by molar-refractivity contribution is 6.55. The molecule has 102 valence electrons. The van der Waals surface area contributed by atoms with Crippen molar-refractivity contribution in [1.29, 1.82) is 0 Å². The summed E-state index contributed by atoms with van der Waals surface area (Å²) in [5.74, 6) is -0.304. The third-order valence-electron chi connectivity index (χ3n) is 3.21. The van der Waals surface area contributed by atoms with Crippen LogP contribution in [-0.2, 0) is 4.79 Å². The molecule has 2 rings (SSSR count). The van der Waals surface area contributed by atoms with E-state index in [1.54, 1.807) is 18.2 Å². The number of Topliss-reactive ketones (excluding diaryl/α,β-unsaturated/α-hetero) is 1. The number of carbonyl (C=O) groups is 2. The zero-order chi connectivity index (χ0) is 13.8. The Morgan fingerprint density at radius 2 is 1.79 bits per heavy atom. The van der Waals surface area contributed by atoms with Gasteiger partial charge in [0.1, 0.15) is 0 Å². The first-order valence-corrected chi connectivity index (χ1v) is 7.28. The van der Waals surface area contributed by atoms with Crippen molar-refractivity contribution in [3.8, 4) is 0 Å². The van der Waals surface area contributed by atoms with E-state index in [9.17, 15) is 9.59 Å². The molecule has 1 aromatic carbocycles. The summed E-state index contributed by atoms with van der Waals surface area (Å²) in [6.07, 6.45) is 3.89. The van der Waals surface area contributed by atoms with E-state index in [-0.39, 0.29) is 0 Å². The summed E-state index contributed by atoms with van der Waals surface area (Å²) in [4.78, 5) is 25.3. The average Bonchev–Trinajstić information content (AvgIpc) is 2.64. The monoisotopic (exact) mass is 299 g/mol. The lowest BCUT2D eigenvalue weighted by molar-refractivity contribution is -0.114. The van der Waals surface area contributed by atoms with Crippen molar-refractivity contribution in [2.45, 2.75) is 25.7 Å². The van der Waals surface area contributed by atoms with Crippen LogP contribution in [0.5, 0.6) is 0 Å². The lowest BCUT2D eigenvalue weighted by Crippen LogP contribution is -2.30. The van der Waals surface area contributed by atoms with Crippen LogP contribution in [0, 0.1) is 0 Å². The van der Waals surface area contributed by atoms with Gasteiger partial charge in [-0.05, 0) is 25.0 Å². The lowest BCUT2D eigenvalue weighted by atomic mass is 10.1. The van der Waals surface area contributed by atoms with Crippen molar-refractivity contribution < 1.29 is 9.59 Å². The number of carbonyl (C=O) groups excluding carboxylic acids is 2. The molecule has 0 atom stereocenters. The van der Waals surface area contributed by atoms with Gasteiger partial charge >= 0.3 is 0 Å². The SMILES string of the molecule is O=C1C(=O)N(CCCCCCCl)c2cccc(Cl)c21. The van der Waals surface area contributed by atoms with Gasteiger partial charge < -0.3 is 4.90 Å². The molecule has 5 heteroatoms. The second-order valence-electron chi connectivity index (χ2n) is 4.52. The minimum absolute atomic E-state index is 0.343. The van der Waals surface area contributed by atoms with Gasteiger partial charge in [0.25, 0.3) is 11.7 Å². The van der Waals surface area contributed by atoms with Gasteiger partial charge in [0.15, 0.2) is 0 Å². The van der Waals surface area contributed by atoms with Crippen LogP contribution in [0.15, 0.2) is 18.2 Å². The van der Waals surface area contributed by atoms with Crippen molar-refractivity contribution in [1.82, 2.24) is 0 Å². The number of hydrogen-bond donors (Lipinski definition) is 0. The molecule has 0 N–H and O–H groups in total. The number of unbranched alkanes of at least 4 members (excludes halogenated alkanes) is 3. The Bertz CT molecular complexity index is 502. The molecule has 0 bridgehead atoms. The predicted octanol–water partition coefficient (Wildman–Crippen LogP) is 3.67. The Morgan fingerprint density at radius 3 is 2.53 bits per heavy atom. The third-order valence-corrected chi connectivity index (χ3v) is 3.80. The van der Waals surface area contributed by atoms with Gasteiger partial charge in [-0.25, -0.2) is 0 Å². The molecule has 1 amide bonds. The van der Waals surface area contributed by atoms with E-state index in [4.69, 9.17) is 23.2 Å². The number of amides is 1. The minimum Gasteiger partial charge on any atom is -0.305 e. The largest absolute Gasteiger partial charge is 0.305 e. The van der Waals surface area contributed by atoms with E-state index in [2.05, 4.69) is 0 Å². The van der Waals surface area contributed by atoms with Gasteiger partial charge in [-0.2, -0.15) is 0 Å². The Labute approximate surface area is 122 Å². The minimum atomic E-state index is -0.499. The summed E-state index contributed by atoms with van der Waals surface area (Å²) in [6.45, 7) is 0.556. The first-order chi connectivity index (χ1) is 9.16. The molecule has 0 unspecified atom stereocenters. The number of halogens is 2. The summed E-state index contributed by atoms with van der Waals surface area (Å²) < 4.78 is 0. The molecule has 0 aromatic heterocycles. The zero-order valence-electron chi connectivity index (χ0n) is 10.5. The van der Waals surface area contributed by atoms with Crippen molar-refractivity contribution in [2.75, 3.05) is 17.3 Å². The van der Waals surface area contributed by atoms with Gasteiger partial charge in [0, 0.05) is 12.4 Å². The molecule has 0 fully saturated rings. The topological polar surface area (TPSA) is 37.4 Å². The fourth-order valence-corrected chi connectivity index (χ4v) is 2.69. The van der Waals surface area contributed by atoms with Gasteiger partial charge in [-0.1, -0.05) is 30.5 Å². The number of anilines is 1.